The van der Waals surface area contributed by atoms with Crippen molar-refractivity contribution in [3.8, 4) is 11.5 Å². The lowest BCUT2D eigenvalue weighted by Gasteiger charge is -2.37. The number of nitrogens with two attached hydrogens (primary N) is 2. The maximum atomic E-state index is 9.78. The molecule has 2 aromatic rings. The van der Waals surface area contributed by atoms with Crippen LogP contribution in [0.5, 0.6) is 11.5 Å². The summed E-state index contributed by atoms with van der Waals surface area (Å²) in [6, 6.07) is 11.3. The first-order chi connectivity index (χ1) is 11.6. The maximum absolute atomic E-state index is 9.78. The van der Waals surface area contributed by atoms with E-state index in [-0.39, 0.29) is 5.75 Å². The van der Waals surface area contributed by atoms with Crippen molar-refractivity contribution >= 4 is 22.7 Å². The number of phenolic OH excluding ortho intramolecular Hbond substituents is 1. The van der Waals surface area contributed by atoms with Gasteiger partial charge in [-0.05, 0) is 31.2 Å². The van der Waals surface area contributed by atoms with Crippen molar-refractivity contribution < 1.29 is 9.84 Å². The van der Waals surface area contributed by atoms with E-state index in [0.29, 0.717) is 18.0 Å². The summed E-state index contributed by atoms with van der Waals surface area (Å²) in [5.41, 5.74) is 14.8. The van der Waals surface area contributed by atoms with Gasteiger partial charge < -0.3 is 31.1 Å². The molecule has 6 heteroatoms. The molecular weight excluding hydrogens is 304 g/mol. The number of aromatic hydroxyl groups is 1. The highest BCUT2D eigenvalue weighted by molar-refractivity contribution is 5.64. The molecule has 0 unspecified atom stereocenters. The minimum atomic E-state index is 0.134. The second-order valence-corrected chi connectivity index (χ2v) is 5.87. The third kappa shape index (κ3) is 3.27. The lowest BCUT2D eigenvalue weighted by molar-refractivity contribution is 0.342. The lowest BCUT2D eigenvalue weighted by atomic mass is 10.2. The van der Waals surface area contributed by atoms with Crippen LogP contribution in [0.25, 0.3) is 0 Å². The van der Waals surface area contributed by atoms with Gasteiger partial charge >= 0.3 is 0 Å². The number of nitrogens with zero attached hydrogens (tertiary/aromatic N) is 2. The first-order valence-electron chi connectivity index (χ1n) is 8.19. The topological polar surface area (TPSA) is 88.0 Å². The van der Waals surface area contributed by atoms with Gasteiger partial charge in [0.05, 0.1) is 18.0 Å². The van der Waals surface area contributed by atoms with Crippen LogP contribution in [0.4, 0.5) is 22.7 Å². The Balaban J connectivity index is 1.68. The van der Waals surface area contributed by atoms with Crippen LogP contribution in [0, 0.1) is 0 Å². The molecule has 0 bridgehead atoms. The maximum Gasteiger partial charge on any atom is 0.144 e. The van der Waals surface area contributed by atoms with E-state index in [1.807, 2.05) is 31.2 Å². The van der Waals surface area contributed by atoms with E-state index in [9.17, 15) is 5.11 Å². The summed E-state index contributed by atoms with van der Waals surface area (Å²) in [4.78, 5) is 4.56. The molecule has 1 saturated heterocycles. The van der Waals surface area contributed by atoms with Gasteiger partial charge in [-0.25, -0.2) is 0 Å². The van der Waals surface area contributed by atoms with Crippen LogP contribution in [-0.4, -0.2) is 37.9 Å². The quantitative estimate of drug-likeness (QED) is 0.589. The standard InChI is InChI=1S/C18H24N4O2/c1-2-24-18-12-14(4-6-16(18)20)22-9-7-21(8-10-22)13-3-5-15(19)17(23)11-13/h3-6,11-12,23H,2,7-10,19-20H2,1H3. The molecule has 0 aliphatic carbocycles. The molecule has 0 radical (unpaired) electrons. The Kier molecular flexibility index (Phi) is 4.55. The van der Waals surface area contributed by atoms with Crippen molar-refractivity contribution in [2.24, 2.45) is 0 Å². The van der Waals surface area contributed by atoms with E-state index < -0.39 is 0 Å². The van der Waals surface area contributed by atoms with Gasteiger partial charge in [0.15, 0.2) is 0 Å². The van der Waals surface area contributed by atoms with E-state index in [0.717, 1.165) is 43.3 Å². The molecule has 1 aliphatic rings. The average Bonchev–Trinajstić information content (AvgIpc) is 2.60. The minimum Gasteiger partial charge on any atom is -0.506 e. The molecule has 0 spiro atoms. The summed E-state index contributed by atoms with van der Waals surface area (Å²) < 4.78 is 5.58. The van der Waals surface area contributed by atoms with E-state index >= 15 is 0 Å². The van der Waals surface area contributed by atoms with Crippen LogP contribution in [-0.2, 0) is 0 Å². The van der Waals surface area contributed by atoms with Crippen molar-refractivity contribution in [1.82, 2.24) is 0 Å². The second-order valence-electron chi connectivity index (χ2n) is 5.87. The van der Waals surface area contributed by atoms with Crippen molar-refractivity contribution in [1.29, 1.82) is 0 Å². The molecule has 0 saturated carbocycles. The largest absolute Gasteiger partial charge is 0.506 e. The molecular formula is C18H24N4O2. The number of benzene rings is 2. The molecule has 0 aromatic heterocycles. The molecule has 128 valence electrons. The molecule has 3 rings (SSSR count). The Hall–Kier alpha value is -2.76. The molecule has 0 amide bonds. The fraction of sp³-hybridized carbons (Fsp3) is 0.333. The Morgan fingerprint density at radius 1 is 0.917 bits per heavy atom. The lowest BCUT2D eigenvalue weighted by Crippen LogP contribution is -2.46. The van der Waals surface area contributed by atoms with Crippen LogP contribution >= 0.6 is 0 Å². The first kappa shape index (κ1) is 16.1. The van der Waals surface area contributed by atoms with E-state index in [1.165, 1.54) is 0 Å². The molecule has 5 N–H and O–H groups in total. The Labute approximate surface area is 142 Å². The third-order valence-corrected chi connectivity index (χ3v) is 4.32. The molecule has 1 fully saturated rings. The zero-order valence-electron chi connectivity index (χ0n) is 13.9. The summed E-state index contributed by atoms with van der Waals surface area (Å²) in [7, 11) is 0. The number of hydrogen-bond donors (Lipinski definition) is 3. The normalized spacial score (nSPS) is 14.7. The fourth-order valence-electron chi connectivity index (χ4n) is 2.95. The van der Waals surface area contributed by atoms with Gasteiger partial charge in [-0.3, -0.25) is 0 Å². The van der Waals surface area contributed by atoms with E-state index in [2.05, 4.69) is 9.80 Å². The van der Waals surface area contributed by atoms with Crippen molar-refractivity contribution in [3.63, 3.8) is 0 Å². The number of hydrogen-bond acceptors (Lipinski definition) is 6. The van der Waals surface area contributed by atoms with Gasteiger partial charge in [-0.1, -0.05) is 0 Å². The molecule has 24 heavy (non-hydrogen) atoms. The van der Waals surface area contributed by atoms with Gasteiger partial charge in [0.2, 0.25) is 0 Å². The summed E-state index contributed by atoms with van der Waals surface area (Å²) >= 11 is 0. The second kappa shape index (κ2) is 6.78. The summed E-state index contributed by atoms with van der Waals surface area (Å²) in [5, 5.41) is 9.78. The van der Waals surface area contributed by atoms with E-state index in [4.69, 9.17) is 16.2 Å². The van der Waals surface area contributed by atoms with Gasteiger partial charge in [0, 0.05) is 49.7 Å². The third-order valence-electron chi connectivity index (χ3n) is 4.32. The Bertz CT molecular complexity index is 712. The zero-order valence-corrected chi connectivity index (χ0v) is 13.9. The fourth-order valence-corrected chi connectivity index (χ4v) is 2.95. The summed E-state index contributed by atoms with van der Waals surface area (Å²) in [6.45, 7) is 6.08. The number of nitrogen functional groups attached to an aromatic ring is 2. The van der Waals surface area contributed by atoms with E-state index in [1.54, 1.807) is 12.1 Å². The predicted octanol–water partition coefficient (Wildman–Crippen LogP) is 2.28. The van der Waals surface area contributed by atoms with Crippen LogP contribution < -0.4 is 26.0 Å². The summed E-state index contributed by atoms with van der Waals surface area (Å²) in [6.07, 6.45) is 0. The molecule has 6 nitrogen and oxygen atoms in total. The van der Waals surface area contributed by atoms with Crippen LogP contribution in [0.3, 0.4) is 0 Å². The highest BCUT2D eigenvalue weighted by atomic mass is 16.5. The SMILES string of the molecule is CCOc1cc(N2CCN(c3ccc(N)c(O)c3)CC2)ccc1N. The molecule has 0 atom stereocenters. The first-order valence-corrected chi connectivity index (χ1v) is 8.19. The van der Waals surface area contributed by atoms with Gasteiger partial charge in [0.1, 0.15) is 11.5 Å². The van der Waals surface area contributed by atoms with Crippen molar-refractivity contribution in [2.45, 2.75) is 6.92 Å². The highest BCUT2D eigenvalue weighted by Crippen LogP contribution is 2.30. The Morgan fingerprint density at radius 2 is 1.46 bits per heavy atom. The number of anilines is 4. The minimum absolute atomic E-state index is 0.134. The molecule has 1 aliphatic heterocycles. The molecule has 1 heterocycles. The number of phenols is 1. The smallest absolute Gasteiger partial charge is 0.144 e. The number of ether oxygens (including phenoxy) is 1. The highest BCUT2D eigenvalue weighted by Gasteiger charge is 2.19. The molecule has 2 aromatic carbocycles. The van der Waals surface area contributed by atoms with Gasteiger partial charge in [0.25, 0.3) is 0 Å². The van der Waals surface area contributed by atoms with Crippen LogP contribution in [0.2, 0.25) is 0 Å². The van der Waals surface area contributed by atoms with Gasteiger partial charge in [-0.2, -0.15) is 0 Å². The van der Waals surface area contributed by atoms with Gasteiger partial charge in [-0.15, -0.1) is 0 Å². The predicted molar refractivity (Wildman–Crippen MR) is 99.0 cm³/mol. The van der Waals surface area contributed by atoms with Crippen LogP contribution in [0.15, 0.2) is 36.4 Å². The zero-order chi connectivity index (χ0) is 17.1. The Morgan fingerprint density at radius 3 is 2.00 bits per heavy atom. The summed E-state index contributed by atoms with van der Waals surface area (Å²) in [5.74, 6) is 0.871. The average molecular weight is 328 g/mol. The monoisotopic (exact) mass is 328 g/mol. The van der Waals surface area contributed by atoms with Crippen molar-refractivity contribution in [2.75, 3.05) is 54.1 Å². The van der Waals surface area contributed by atoms with Crippen LogP contribution in [0.1, 0.15) is 6.92 Å². The van der Waals surface area contributed by atoms with Crippen molar-refractivity contribution in [3.05, 3.63) is 36.4 Å². The number of piperazine rings is 1. The number of rotatable bonds is 4.